The Kier molecular flexibility index (Phi) is 30.7. The van der Waals surface area contributed by atoms with E-state index >= 15 is 0 Å². The minimum absolute atomic E-state index is 0. The number of hydrogen-bond acceptors (Lipinski definition) is 4. The summed E-state index contributed by atoms with van der Waals surface area (Å²) >= 11 is 4.44. The van der Waals surface area contributed by atoms with Crippen LogP contribution in [0.3, 0.4) is 0 Å². The van der Waals surface area contributed by atoms with Gasteiger partial charge in [-0.25, -0.2) is 0 Å². The number of hydrogen-bond donors (Lipinski definition) is 0. The Morgan fingerprint density at radius 1 is 0.295 bits per heavy atom. The molecule has 0 saturated carbocycles. The molecule has 560 valence electrons. The molecular weight excluding hydrogens is 1680 g/mol. The minimum atomic E-state index is 0. The maximum Gasteiger partial charge on any atom is 2.00 e. The molecule has 0 bridgehead atoms. The monoisotopic (exact) mass is 1760 g/mol. The van der Waals surface area contributed by atoms with Gasteiger partial charge in [-0.2, -0.15) is 0 Å². The van der Waals surface area contributed by atoms with Crippen LogP contribution in [0.25, 0.3) is 111 Å². The maximum absolute atomic E-state index is 4.87. The molecule has 0 spiro atoms. The number of aliphatic imine (C=N–C) groups is 2. The van der Waals surface area contributed by atoms with Gasteiger partial charge in [0.1, 0.15) is 0 Å². The summed E-state index contributed by atoms with van der Waals surface area (Å²) in [6.07, 6.45) is 0. The van der Waals surface area contributed by atoms with Gasteiger partial charge in [-0.15, -0.1) is 0 Å². The van der Waals surface area contributed by atoms with E-state index in [1.165, 1.54) is 122 Å². The molecule has 2 heterocycles. The SMILES string of the molecule is C[C@H]1[C@@H](c2ccccc2)N=C(c2[c-]cc[cH-]2)N1C.C[C@H]1[C@@H](c2ccccc2)N=C(c2[c-]cc[cH-]2)N1C.[Cl][Pd+].[Cl][Pd+].[Fe+2].[Fe+2].c1ccc(-c2c(-c3ccccc3)c(-c3ccccc3)[c-](-c3ccccc3)c2-c2ccccc2)cc1.c1ccc(-c2c(-c3ccccc3)c(-c3ccccc3)[c-](-c3ccccc3)c2-c2ccccc2)cc1. The van der Waals surface area contributed by atoms with E-state index < -0.39 is 0 Å². The maximum atomic E-state index is 4.87. The van der Waals surface area contributed by atoms with Crippen molar-refractivity contribution in [2.24, 2.45) is 9.98 Å². The Morgan fingerprint density at radius 2 is 0.491 bits per heavy atom. The Labute approximate surface area is 712 Å². The predicted molar refractivity (Wildman–Crippen MR) is 458 cm³/mol. The van der Waals surface area contributed by atoms with Crippen LogP contribution in [-0.4, -0.2) is 47.7 Å². The van der Waals surface area contributed by atoms with Gasteiger partial charge in [0.15, 0.2) is 0 Å². The predicted octanol–water partition coefficient (Wildman–Crippen LogP) is 26.9. The van der Waals surface area contributed by atoms with E-state index in [-0.39, 0.29) is 46.2 Å². The molecule has 2 aliphatic heterocycles. The summed E-state index contributed by atoms with van der Waals surface area (Å²) in [5.41, 5.74) is 29.8. The molecule has 0 aromatic heterocycles. The molecule has 4 nitrogen and oxygen atoms in total. The van der Waals surface area contributed by atoms with E-state index in [0.717, 1.165) is 22.8 Å². The van der Waals surface area contributed by atoms with Crippen molar-refractivity contribution in [2.75, 3.05) is 14.1 Å². The summed E-state index contributed by atoms with van der Waals surface area (Å²) in [5, 5.41) is 0. The van der Waals surface area contributed by atoms with Crippen LogP contribution in [0.4, 0.5) is 0 Å². The molecule has 16 aromatic rings. The van der Waals surface area contributed by atoms with E-state index in [9.17, 15) is 0 Å². The number of nitrogens with zero attached hydrogens (tertiary/aromatic N) is 4. The van der Waals surface area contributed by atoms with Crippen LogP contribution in [0.1, 0.15) is 48.2 Å². The average molecular weight is 1760 g/mol. The average Bonchev–Trinajstić information content (AvgIpc) is 1.58. The Hall–Kier alpha value is -10.1. The first-order valence-electron chi connectivity index (χ1n) is 36.9. The molecule has 0 fully saturated rings. The number of likely N-dealkylation sites (N-methyl/N-ethyl adjacent to an activating group) is 2. The van der Waals surface area contributed by atoms with Crippen LogP contribution >= 0.6 is 19.1 Å². The van der Waals surface area contributed by atoms with Crippen molar-refractivity contribution >= 4 is 30.7 Å². The van der Waals surface area contributed by atoms with Crippen LogP contribution in [0, 0.1) is 12.1 Å². The topological polar surface area (TPSA) is 31.2 Å². The second kappa shape index (κ2) is 41.4. The quantitative estimate of drug-likeness (QED) is 0.0803. The summed E-state index contributed by atoms with van der Waals surface area (Å²) in [6, 6.07) is 149. The molecule has 0 unspecified atom stereocenters. The van der Waals surface area contributed by atoms with Crippen molar-refractivity contribution in [2.45, 2.75) is 38.0 Å². The van der Waals surface area contributed by atoms with Crippen LogP contribution in [0.5, 0.6) is 0 Å². The fourth-order valence-electron chi connectivity index (χ4n) is 15.1. The largest absolute Gasteiger partial charge is 2.00 e. The van der Waals surface area contributed by atoms with Gasteiger partial charge in [-0.1, -0.05) is 453 Å². The molecule has 2 aliphatic rings. The standard InChI is InChI=1S/2C35H25.2C16H16N2.2ClH.2Fe.2Pd/c2*1-6-16-26(17-7-1)31-32(27-18-8-2-9-19-27)34(29-22-12-4-13-23-29)35(30-24-14-5-15-25-30)33(31)28-20-10-3-11-21-28;2*1-12-15(13-8-4-3-5-9-13)17-16(18(12)2)14-10-6-7-11-14;;;;;;/h2*1-25H;2*3-10,12,15H,1-2H3;2*1H;;;;/q2*-1;2*-2;;;4*+2/p-2/t;;2*12-,15-;;;;;;/m..00....../s1. The van der Waals surface area contributed by atoms with Crippen molar-refractivity contribution in [1.82, 2.24) is 9.80 Å². The van der Waals surface area contributed by atoms with Gasteiger partial charge in [0.25, 0.3) is 0 Å². The van der Waals surface area contributed by atoms with Gasteiger partial charge in [0.05, 0.1) is 12.1 Å². The van der Waals surface area contributed by atoms with Crippen molar-refractivity contribution in [3.05, 3.63) is 435 Å². The van der Waals surface area contributed by atoms with Crippen molar-refractivity contribution in [3.8, 4) is 111 Å². The Bertz CT molecular complexity index is 4550. The van der Waals surface area contributed by atoms with E-state index in [1.807, 2.05) is 36.4 Å². The van der Waals surface area contributed by atoms with Crippen LogP contribution < -0.4 is 0 Å². The summed E-state index contributed by atoms with van der Waals surface area (Å²) in [5.74, 6) is 2.09. The third-order valence-corrected chi connectivity index (χ3v) is 20.4. The van der Waals surface area contributed by atoms with Crippen LogP contribution in [0.2, 0.25) is 0 Å². The summed E-state index contributed by atoms with van der Waals surface area (Å²) in [6.45, 7) is 4.44. The second-order valence-corrected chi connectivity index (χ2v) is 26.9. The zero-order valence-electron chi connectivity index (χ0n) is 62.3. The van der Waals surface area contributed by atoms with Crippen LogP contribution in [-0.2, 0) is 70.5 Å². The zero-order chi connectivity index (χ0) is 76.0. The Morgan fingerprint density at radius 3 is 0.696 bits per heavy atom. The van der Waals surface area contributed by atoms with Gasteiger partial charge in [0.2, 0.25) is 0 Å². The summed E-state index contributed by atoms with van der Waals surface area (Å²) < 4.78 is 0. The fraction of sp³-hybridized carbons (Fsp3) is 0.0784. The van der Waals surface area contributed by atoms with E-state index in [1.54, 1.807) is 0 Å². The number of benzene rings is 12. The van der Waals surface area contributed by atoms with Gasteiger partial charge >= 0.3 is 89.6 Å². The third kappa shape index (κ3) is 18.8. The van der Waals surface area contributed by atoms with Gasteiger partial charge in [-0.05, 0) is 73.0 Å². The number of halogens is 2. The Balaban J connectivity index is 0.000000151. The molecule has 0 radical (unpaired) electrons. The summed E-state index contributed by atoms with van der Waals surface area (Å²) in [7, 11) is 13.2. The molecule has 0 saturated heterocycles. The van der Waals surface area contributed by atoms with E-state index in [0.29, 0.717) is 12.1 Å². The van der Waals surface area contributed by atoms with Crippen LogP contribution in [0.15, 0.2) is 410 Å². The third-order valence-electron chi connectivity index (χ3n) is 20.4. The summed E-state index contributed by atoms with van der Waals surface area (Å²) in [4.78, 5) is 14.2. The smallest absolute Gasteiger partial charge is 0.0999 e. The van der Waals surface area contributed by atoms with Gasteiger partial charge in [-0.3, -0.25) is 47.5 Å². The van der Waals surface area contributed by atoms with Gasteiger partial charge < -0.3 is 31.9 Å². The van der Waals surface area contributed by atoms with E-state index in [2.05, 4.69) is 469 Å². The molecule has 112 heavy (non-hydrogen) atoms. The first-order chi connectivity index (χ1) is 54.4. The zero-order valence-corrected chi connectivity index (χ0v) is 69.1. The first kappa shape index (κ1) is 82.9. The molecule has 4 atom stereocenters. The van der Waals surface area contributed by atoms with Crippen molar-refractivity contribution in [1.29, 1.82) is 0 Å². The molecule has 0 N–H and O–H groups in total. The first-order valence-corrected chi connectivity index (χ1v) is 40.9. The fourth-order valence-corrected chi connectivity index (χ4v) is 15.1. The molecule has 10 heteroatoms. The van der Waals surface area contributed by atoms with Gasteiger partial charge in [0, 0.05) is 12.1 Å². The molecule has 18 rings (SSSR count). The number of rotatable bonds is 14. The molecule has 0 aliphatic carbocycles. The molecule has 0 amide bonds. The number of amidine groups is 2. The van der Waals surface area contributed by atoms with E-state index in [4.69, 9.17) is 9.98 Å². The second-order valence-electron chi connectivity index (χ2n) is 26.9. The molecule has 16 aromatic carbocycles. The van der Waals surface area contributed by atoms with Crippen molar-refractivity contribution < 1.29 is 70.5 Å². The molecular formula is C102H82Cl2Fe2N4Pd2. The minimum Gasteiger partial charge on any atom is -0.0999 e. The normalized spacial score (nSPS) is 14.4. The van der Waals surface area contributed by atoms with Crippen molar-refractivity contribution in [3.63, 3.8) is 0 Å².